The van der Waals surface area contributed by atoms with Gasteiger partial charge in [-0.1, -0.05) is 0 Å². The molecule has 0 bridgehead atoms. The van der Waals surface area contributed by atoms with Gasteiger partial charge in [0.05, 0.1) is 5.69 Å². The minimum atomic E-state index is -4.74. The number of halogens is 3. The Morgan fingerprint density at radius 1 is 1.44 bits per heavy atom. The molecule has 5 nitrogen and oxygen atoms in total. The van der Waals surface area contributed by atoms with Crippen LogP contribution in [0, 0.1) is 0 Å². The molecule has 1 rings (SSSR count). The molecule has 0 fully saturated rings. The van der Waals surface area contributed by atoms with Crippen LogP contribution in [0.15, 0.2) is 16.9 Å². The molecule has 3 N–H and O–H groups in total. The third kappa shape index (κ3) is 2.47. The van der Waals surface area contributed by atoms with Crippen molar-refractivity contribution in [1.82, 2.24) is 9.88 Å². The van der Waals surface area contributed by atoms with Gasteiger partial charge in [-0.2, -0.15) is 13.2 Å². The van der Waals surface area contributed by atoms with Gasteiger partial charge in [0, 0.05) is 7.05 Å². The minimum Gasteiger partial charge on any atom is -0.394 e. The summed E-state index contributed by atoms with van der Waals surface area (Å²) in [6.07, 6.45) is -4.74. The van der Waals surface area contributed by atoms with E-state index in [0.717, 1.165) is 6.07 Å². The molecule has 1 amide bonds. The van der Waals surface area contributed by atoms with E-state index in [9.17, 15) is 22.8 Å². The average molecular weight is 263 g/mol. The lowest BCUT2D eigenvalue weighted by atomic mass is 10.2. The van der Waals surface area contributed by atoms with Crippen LogP contribution in [0.3, 0.4) is 0 Å². The molecule has 0 aromatic carbocycles. The Labute approximate surface area is 100 Å². The smallest absolute Gasteiger partial charge is 0.394 e. The van der Waals surface area contributed by atoms with E-state index in [1.807, 2.05) is 0 Å². The number of nitrogen functional groups attached to an aromatic ring is 1. The van der Waals surface area contributed by atoms with Gasteiger partial charge >= 0.3 is 6.18 Å². The van der Waals surface area contributed by atoms with Crippen LogP contribution in [0.1, 0.15) is 18.7 Å². The first-order valence-corrected chi connectivity index (χ1v) is 5.00. The van der Waals surface area contributed by atoms with Crippen LogP contribution in [0.2, 0.25) is 0 Å². The number of pyridine rings is 1. The zero-order chi connectivity index (χ0) is 14.1. The molecule has 0 unspecified atom stereocenters. The van der Waals surface area contributed by atoms with Crippen LogP contribution in [0.25, 0.3) is 0 Å². The van der Waals surface area contributed by atoms with Crippen LogP contribution in [0.5, 0.6) is 0 Å². The van der Waals surface area contributed by atoms with Crippen molar-refractivity contribution >= 4 is 11.6 Å². The first kappa shape index (κ1) is 14.1. The van der Waals surface area contributed by atoms with Crippen molar-refractivity contribution in [1.29, 1.82) is 0 Å². The molecule has 18 heavy (non-hydrogen) atoms. The van der Waals surface area contributed by atoms with Crippen molar-refractivity contribution in [2.75, 3.05) is 12.8 Å². The molecule has 0 aliphatic carbocycles. The molecule has 0 radical (unpaired) electrons. The van der Waals surface area contributed by atoms with Gasteiger partial charge in [0.15, 0.2) is 0 Å². The van der Waals surface area contributed by atoms with Gasteiger partial charge in [-0.05, 0) is 19.1 Å². The van der Waals surface area contributed by atoms with E-state index in [1.54, 1.807) is 0 Å². The van der Waals surface area contributed by atoms with Gasteiger partial charge in [-0.25, -0.2) is 0 Å². The minimum absolute atomic E-state index is 0.341. The first-order chi connectivity index (χ1) is 8.20. The Kier molecular flexibility index (Phi) is 3.68. The van der Waals surface area contributed by atoms with Crippen molar-refractivity contribution < 1.29 is 18.0 Å². The highest BCUT2D eigenvalue weighted by atomic mass is 19.4. The highest BCUT2D eigenvalue weighted by Crippen LogP contribution is 2.30. The molecule has 100 valence electrons. The third-order valence-electron chi connectivity index (χ3n) is 2.45. The summed E-state index contributed by atoms with van der Waals surface area (Å²) in [4.78, 5) is 23.0. The standard InChI is InChI=1S/C10H12F3N3O2/c1-5(8(17)15-2)16-7(10(11,12)13)4-3-6(14)9(16)18/h3-5H,14H2,1-2H3,(H,15,17)/t5-/m0/s1. The number of amides is 1. The topological polar surface area (TPSA) is 77.1 Å². The Hall–Kier alpha value is -1.99. The molecule has 1 heterocycles. The SMILES string of the molecule is CNC(=O)[C@H](C)n1c(C(F)(F)F)ccc(N)c1=O. The fourth-order valence-corrected chi connectivity index (χ4v) is 1.51. The summed E-state index contributed by atoms with van der Waals surface area (Å²) >= 11 is 0. The fraction of sp³-hybridized carbons (Fsp3) is 0.400. The second-order valence-corrected chi connectivity index (χ2v) is 3.64. The molecule has 8 heteroatoms. The van der Waals surface area contributed by atoms with Crippen molar-refractivity contribution in [3.8, 4) is 0 Å². The highest BCUT2D eigenvalue weighted by Gasteiger charge is 2.36. The van der Waals surface area contributed by atoms with Crippen molar-refractivity contribution in [3.63, 3.8) is 0 Å². The number of nitrogens with one attached hydrogen (secondary N) is 1. The summed E-state index contributed by atoms with van der Waals surface area (Å²) in [6.45, 7) is 1.19. The van der Waals surface area contributed by atoms with E-state index in [4.69, 9.17) is 5.73 Å². The lowest BCUT2D eigenvalue weighted by Crippen LogP contribution is -2.38. The van der Waals surface area contributed by atoms with E-state index < -0.39 is 29.4 Å². The molecule has 0 aliphatic heterocycles. The number of nitrogens with two attached hydrogens (primary N) is 1. The van der Waals surface area contributed by atoms with Gasteiger partial charge in [-0.15, -0.1) is 0 Å². The fourth-order valence-electron chi connectivity index (χ4n) is 1.51. The summed E-state index contributed by atoms with van der Waals surface area (Å²) < 4.78 is 38.6. The molecular formula is C10H12F3N3O2. The number of aromatic nitrogens is 1. The van der Waals surface area contributed by atoms with Gasteiger partial charge in [0.1, 0.15) is 11.7 Å². The monoisotopic (exact) mass is 263 g/mol. The van der Waals surface area contributed by atoms with Crippen molar-refractivity contribution in [2.45, 2.75) is 19.1 Å². The molecule has 0 saturated carbocycles. The van der Waals surface area contributed by atoms with Gasteiger partial charge in [-0.3, -0.25) is 14.2 Å². The average Bonchev–Trinajstić information content (AvgIpc) is 2.29. The predicted octanol–water partition coefficient (Wildman–Crippen LogP) is 0.756. The van der Waals surface area contributed by atoms with E-state index in [1.165, 1.54) is 14.0 Å². The van der Waals surface area contributed by atoms with Gasteiger partial charge in [0.2, 0.25) is 5.91 Å². The van der Waals surface area contributed by atoms with Crippen LogP contribution in [-0.4, -0.2) is 17.5 Å². The summed E-state index contributed by atoms with van der Waals surface area (Å²) in [6, 6.07) is 0.247. The number of carbonyl (C=O) groups is 1. The number of rotatable bonds is 2. The Balaban J connectivity index is 3.53. The Bertz CT molecular complexity index is 522. The van der Waals surface area contributed by atoms with Crippen LogP contribution < -0.4 is 16.6 Å². The maximum atomic E-state index is 12.8. The molecule has 0 saturated heterocycles. The Morgan fingerprint density at radius 2 is 2.00 bits per heavy atom. The lowest BCUT2D eigenvalue weighted by molar-refractivity contribution is -0.145. The van der Waals surface area contributed by atoms with Crippen LogP contribution >= 0.6 is 0 Å². The maximum Gasteiger partial charge on any atom is 0.431 e. The van der Waals surface area contributed by atoms with E-state index >= 15 is 0 Å². The number of alkyl halides is 3. The van der Waals surface area contributed by atoms with Gasteiger partial charge in [0.25, 0.3) is 5.56 Å². The first-order valence-electron chi connectivity index (χ1n) is 5.00. The van der Waals surface area contributed by atoms with Crippen molar-refractivity contribution in [2.24, 2.45) is 0 Å². The molecular weight excluding hydrogens is 251 g/mol. The number of hydrogen-bond donors (Lipinski definition) is 2. The number of nitrogens with zero attached hydrogens (tertiary/aromatic N) is 1. The largest absolute Gasteiger partial charge is 0.431 e. The van der Waals surface area contributed by atoms with Gasteiger partial charge < -0.3 is 11.1 Å². The number of likely N-dealkylation sites (N-methyl/N-ethyl adjacent to an activating group) is 1. The molecule has 1 aromatic rings. The summed E-state index contributed by atoms with van der Waals surface area (Å²) in [5, 5.41) is 2.18. The summed E-state index contributed by atoms with van der Waals surface area (Å²) in [5.41, 5.74) is 2.68. The number of anilines is 1. The van der Waals surface area contributed by atoms with E-state index in [0.29, 0.717) is 10.6 Å². The summed E-state index contributed by atoms with van der Waals surface area (Å²) in [7, 11) is 1.27. The maximum absolute atomic E-state index is 12.8. The second-order valence-electron chi connectivity index (χ2n) is 3.64. The van der Waals surface area contributed by atoms with Crippen LogP contribution in [-0.2, 0) is 11.0 Å². The third-order valence-corrected chi connectivity index (χ3v) is 2.45. The van der Waals surface area contributed by atoms with Crippen LogP contribution in [0.4, 0.5) is 18.9 Å². The quantitative estimate of drug-likeness (QED) is 0.826. The molecule has 0 spiro atoms. The van der Waals surface area contributed by atoms with E-state index in [-0.39, 0.29) is 5.69 Å². The molecule has 1 atom stereocenters. The molecule has 0 aliphatic rings. The molecule has 1 aromatic heterocycles. The Morgan fingerprint density at radius 3 is 2.44 bits per heavy atom. The normalized spacial score (nSPS) is 13.2. The lowest BCUT2D eigenvalue weighted by Gasteiger charge is -2.20. The second kappa shape index (κ2) is 4.71. The van der Waals surface area contributed by atoms with E-state index in [2.05, 4.69) is 5.32 Å². The number of carbonyl (C=O) groups excluding carboxylic acids is 1. The number of hydrogen-bond acceptors (Lipinski definition) is 3. The van der Waals surface area contributed by atoms with Crippen molar-refractivity contribution in [3.05, 3.63) is 28.2 Å². The zero-order valence-corrected chi connectivity index (χ0v) is 9.71. The zero-order valence-electron chi connectivity index (χ0n) is 9.71. The highest BCUT2D eigenvalue weighted by molar-refractivity contribution is 5.79. The predicted molar refractivity (Wildman–Crippen MR) is 58.9 cm³/mol. The summed E-state index contributed by atoms with van der Waals surface area (Å²) in [5.74, 6) is -0.715.